The molecule has 0 unspecified atom stereocenters. The third kappa shape index (κ3) is 4.35. The van der Waals surface area contributed by atoms with Gasteiger partial charge >= 0.3 is 0 Å². The Morgan fingerprint density at radius 2 is 1.76 bits per heavy atom. The Bertz CT molecular complexity index is 797. The van der Waals surface area contributed by atoms with Crippen LogP contribution in [-0.2, 0) is 11.2 Å². The van der Waals surface area contributed by atoms with Gasteiger partial charge in [0.05, 0.1) is 10.6 Å². The lowest BCUT2D eigenvalue weighted by Gasteiger charge is -2.18. The zero-order chi connectivity index (χ0) is 18.6. The van der Waals surface area contributed by atoms with E-state index in [-0.39, 0.29) is 17.0 Å². The molecule has 0 saturated carbocycles. The molecule has 0 radical (unpaired) electrons. The van der Waals surface area contributed by atoms with E-state index in [1.165, 1.54) is 7.05 Å². The van der Waals surface area contributed by atoms with Gasteiger partial charge in [0, 0.05) is 13.5 Å². The van der Waals surface area contributed by atoms with E-state index in [1.54, 1.807) is 0 Å². The number of halogens is 2. The van der Waals surface area contributed by atoms with Crippen molar-refractivity contribution in [1.82, 2.24) is 10.6 Å². The lowest BCUT2D eigenvalue weighted by atomic mass is 10.0. The number of nitrogens with one attached hydrogen (secondary N) is 2. The summed E-state index contributed by atoms with van der Waals surface area (Å²) >= 11 is 11.5. The van der Waals surface area contributed by atoms with E-state index >= 15 is 0 Å². The molecule has 0 aromatic heterocycles. The summed E-state index contributed by atoms with van der Waals surface area (Å²) < 4.78 is 0. The summed E-state index contributed by atoms with van der Waals surface area (Å²) in [4.78, 5) is 24.5. The first-order valence-electron chi connectivity index (χ1n) is 7.31. The largest absolute Gasteiger partial charge is 0.505 e. The number of hydrogen-bond acceptors (Lipinski definition) is 4. The highest BCUT2D eigenvalue weighted by Crippen LogP contribution is 2.40. The van der Waals surface area contributed by atoms with Crippen LogP contribution >= 0.6 is 23.2 Å². The van der Waals surface area contributed by atoms with E-state index in [2.05, 4.69) is 10.6 Å². The fourth-order valence-electron chi connectivity index (χ4n) is 2.24. The minimum absolute atomic E-state index is 0.187. The Hall–Kier alpha value is -2.44. The molecule has 2 amide bonds. The average Bonchev–Trinajstić information content (AvgIpc) is 2.62. The van der Waals surface area contributed by atoms with Crippen molar-refractivity contribution in [3.05, 3.63) is 57.6 Å². The third-order valence-corrected chi connectivity index (χ3v) is 4.21. The smallest absolute Gasteiger partial charge is 0.255 e. The Kier molecular flexibility index (Phi) is 6.12. The lowest BCUT2D eigenvalue weighted by molar-refractivity contribution is -0.122. The Morgan fingerprint density at radius 3 is 2.36 bits per heavy atom. The van der Waals surface area contributed by atoms with Gasteiger partial charge in [-0.15, -0.1) is 0 Å². The van der Waals surface area contributed by atoms with Crippen LogP contribution in [0.4, 0.5) is 0 Å². The molecule has 6 nitrogen and oxygen atoms in total. The van der Waals surface area contributed by atoms with Crippen LogP contribution in [0.15, 0.2) is 36.4 Å². The van der Waals surface area contributed by atoms with Gasteiger partial charge in [0.2, 0.25) is 5.91 Å². The summed E-state index contributed by atoms with van der Waals surface area (Å²) in [5.41, 5.74) is 0.608. The minimum Gasteiger partial charge on any atom is -0.505 e. The molecule has 8 heteroatoms. The van der Waals surface area contributed by atoms with Crippen molar-refractivity contribution in [3.8, 4) is 11.5 Å². The number of benzene rings is 2. The Morgan fingerprint density at radius 1 is 1.12 bits per heavy atom. The summed E-state index contributed by atoms with van der Waals surface area (Å²) in [5.74, 6) is -2.28. The summed E-state index contributed by atoms with van der Waals surface area (Å²) in [6.07, 6.45) is 0.257. The van der Waals surface area contributed by atoms with E-state index < -0.39 is 34.4 Å². The molecule has 132 valence electrons. The fraction of sp³-hybridized carbons (Fsp3) is 0.176. The van der Waals surface area contributed by atoms with Crippen molar-refractivity contribution in [2.75, 3.05) is 7.05 Å². The zero-order valence-corrected chi connectivity index (χ0v) is 14.7. The molecule has 1 atom stereocenters. The van der Waals surface area contributed by atoms with Crippen molar-refractivity contribution in [2.24, 2.45) is 0 Å². The Balaban J connectivity index is 2.27. The topological polar surface area (TPSA) is 98.7 Å². The highest BCUT2D eigenvalue weighted by Gasteiger charge is 2.25. The number of hydrogen-bond donors (Lipinski definition) is 4. The van der Waals surface area contributed by atoms with Crippen molar-refractivity contribution < 1.29 is 19.8 Å². The second-order valence-electron chi connectivity index (χ2n) is 5.25. The van der Waals surface area contributed by atoms with Crippen molar-refractivity contribution in [1.29, 1.82) is 0 Å². The van der Waals surface area contributed by atoms with Gasteiger partial charge in [0.1, 0.15) is 11.1 Å². The quantitative estimate of drug-likeness (QED) is 0.638. The highest BCUT2D eigenvalue weighted by atomic mass is 35.5. The number of phenols is 2. The maximum Gasteiger partial charge on any atom is 0.255 e. The van der Waals surface area contributed by atoms with Crippen LogP contribution in [0.5, 0.6) is 11.5 Å². The maximum atomic E-state index is 12.5. The molecule has 25 heavy (non-hydrogen) atoms. The summed E-state index contributed by atoms with van der Waals surface area (Å²) in [6.45, 7) is 0. The predicted octanol–water partition coefficient (Wildman–Crippen LogP) is 2.49. The van der Waals surface area contributed by atoms with Gasteiger partial charge in [0.15, 0.2) is 11.5 Å². The molecule has 0 fully saturated rings. The second kappa shape index (κ2) is 8.09. The number of phenolic OH excluding ortho intramolecular Hbond substituents is 2. The highest BCUT2D eigenvalue weighted by molar-refractivity contribution is 6.38. The number of rotatable bonds is 5. The Labute approximate surface area is 154 Å². The SMILES string of the molecule is CNC(=O)[C@H](Cc1ccccc1)NC(=O)c1cc(Cl)c(O)c(Cl)c1O. The molecule has 0 saturated heterocycles. The van der Waals surface area contributed by atoms with Crippen LogP contribution in [0.2, 0.25) is 10.0 Å². The molecule has 4 N–H and O–H groups in total. The first-order chi connectivity index (χ1) is 11.8. The summed E-state index contributed by atoms with van der Waals surface area (Å²) in [6, 6.07) is 9.35. The van der Waals surface area contributed by atoms with Crippen LogP contribution in [0.3, 0.4) is 0 Å². The molecule has 0 heterocycles. The standard InChI is InChI=1S/C17H16Cl2N2O4/c1-20-17(25)12(7-9-5-3-2-4-6-9)21-16(24)10-8-11(18)15(23)13(19)14(10)22/h2-6,8,12,22-23H,7H2,1H3,(H,20,25)(H,21,24)/t12-/m0/s1. The number of amides is 2. The molecule has 0 aliphatic heterocycles. The molecule has 2 rings (SSSR count). The second-order valence-corrected chi connectivity index (χ2v) is 6.03. The third-order valence-electron chi connectivity index (χ3n) is 3.56. The number of likely N-dealkylation sites (N-methyl/N-ethyl adjacent to an activating group) is 1. The molecule has 2 aromatic rings. The van der Waals surface area contributed by atoms with Crippen molar-refractivity contribution in [3.63, 3.8) is 0 Å². The molecule has 0 spiro atoms. The fourth-order valence-corrected chi connectivity index (χ4v) is 2.70. The molecule has 0 aliphatic rings. The maximum absolute atomic E-state index is 12.5. The van der Waals surface area contributed by atoms with Gasteiger partial charge in [-0.2, -0.15) is 0 Å². The number of carbonyl (C=O) groups is 2. The van der Waals surface area contributed by atoms with Gasteiger partial charge in [-0.1, -0.05) is 53.5 Å². The van der Waals surface area contributed by atoms with Crippen LogP contribution in [0.1, 0.15) is 15.9 Å². The van der Waals surface area contributed by atoms with Gasteiger partial charge < -0.3 is 20.8 Å². The molecule has 2 aromatic carbocycles. The average molecular weight is 383 g/mol. The zero-order valence-electron chi connectivity index (χ0n) is 13.2. The lowest BCUT2D eigenvalue weighted by Crippen LogP contribution is -2.47. The summed E-state index contributed by atoms with van der Waals surface area (Å²) in [7, 11) is 1.46. The van der Waals surface area contributed by atoms with Gasteiger partial charge in [-0.25, -0.2) is 0 Å². The van der Waals surface area contributed by atoms with Crippen LogP contribution in [0.25, 0.3) is 0 Å². The first kappa shape index (κ1) is 18.9. The molecular weight excluding hydrogens is 367 g/mol. The van der Waals surface area contributed by atoms with Gasteiger partial charge in [-0.3, -0.25) is 9.59 Å². The van der Waals surface area contributed by atoms with Crippen molar-refractivity contribution in [2.45, 2.75) is 12.5 Å². The predicted molar refractivity (Wildman–Crippen MR) is 95.3 cm³/mol. The van der Waals surface area contributed by atoms with E-state index in [1.807, 2.05) is 30.3 Å². The van der Waals surface area contributed by atoms with E-state index in [0.29, 0.717) is 0 Å². The van der Waals surface area contributed by atoms with Crippen molar-refractivity contribution >= 4 is 35.0 Å². The van der Waals surface area contributed by atoms with Crippen LogP contribution < -0.4 is 10.6 Å². The minimum atomic E-state index is -0.870. The van der Waals surface area contributed by atoms with Crippen LogP contribution in [-0.4, -0.2) is 35.1 Å². The summed E-state index contributed by atoms with van der Waals surface area (Å²) in [5, 5.41) is 23.9. The molecule has 0 aliphatic carbocycles. The van der Waals surface area contributed by atoms with Crippen LogP contribution in [0, 0.1) is 0 Å². The molecule has 0 bridgehead atoms. The monoisotopic (exact) mass is 382 g/mol. The van der Waals surface area contributed by atoms with E-state index in [9.17, 15) is 19.8 Å². The molecular formula is C17H16Cl2N2O4. The number of carbonyl (C=O) groups excluding carboxylic acids is 2. The van der Waals surface area contributed by atoms with Gasteiger partial charge in [-0.05, 0) is 11.6 Å². The van der Waals surface area contributed by atoms with E-state index in [0.717, 1.165) is 11.6 Å². The van der Waals surface area contributed by atoms with E-state index in [4.69, 9.17) is 23.2 Å². The number of aromatic hydroxyl groups is 2. The first-order valence-corrected chi connectivity index (χ1v) is 8.07. The normalized spacial score (nSPS) is 11.6. The van der Waals surface area contributed by atoms with Gasteiger partial charge in [0.25, 0.3) is 5.91 Å².